The largest absolute Gasteiger partial charge is 0.508 e. The van der Waals surface area contributed by atoms with Crippen molar-refractivity contribution in [2.24, 2.45) is 11.8 Å². The average Bonchev–Trinajstić information content (AvgIpc) is 3.05. The second kappa shape index (κ2) is 5.24. The summed E-state index contributed by atoms with van der Waals surface area (Å²) in [5.41, 5.74) is 3.55. The van der Waals surface area contributed by atoms with E-state index < -0.39 is 0 Å². The normalized spacial score (nSPS) is 22.9. The van der Waals surface area contributed by atoms with Gasteiger partial charge in [-0.15, -0.1) is 0 Å². The van der Waals surface area contributed by atoms with Gasteiger partial charge in [0, 0.05) is 0 Å². The molecule has 1 saturated carbocycles. The molecule has 0 bridgehead atoms. The summed E-state index contributed by atoms with van der Waals surface area (Å²) in [4.78, 5) is 11.4. The van der Waals surface area contributed by atoms with Crippen molar-refractivity contribution in [2.75, 3.05) is 7.11 Å². The van der Waals surface area contributed by atoms with Crippen LogP contribution in [-0.2, 0) is 9.53 Å². The van der Waals surface area contributed by atoms with E-state index in [4.69, 9.17) is 4.74 Å². The van der Waals surface area contributed by atoms with Crippen molar-refractivity contribution in [1.29, 1.82) is 0 Å². The molecule has 19 heavy (non-hydrogen) atoms. The lowest BCUT2D eigenvalue weighted by atomic mass is 9.88. The number of carbonyl (C=O) groups excluding carboxylic acids is 1. The number of phenols is 1. The Morgan fingerprint density at radius 1 is 1.42 bits per heavy atom. The van der Waals surface area contributed by atoms with Gasteiger partial charge in [0.1, 0.15) is 5.75 Å². The van der Waals surface area contributed by atoms with Gasteiger partial charge in [0.05, 0.1) is 13.0 Å². The molecule has 0 aromatic heterocycles. The lowest BCUT2D eigenvalue weighted by molar-refractivity contribution is -0.142. The number of methoxy groups -OCH3 is 1. The van der Waals surface area contributed by atoms with Crippen molar-refractivity contribution in [2.45, 2.75) is 39.5 Å². The van der Waals surface area contributed by atoms with Gasteiger partial charge in [0.2, 0.25) is 0 Å². The number of aryl methyl sites for hydroxylation is 2. The van der Waals surface area contributed by atoms with Crippen LogP contribution in [-0.4, -0.2) is 18.2 Å². The van der Waals surface area contributed by atoms with Crippen LogP contribution in [0.4, 0.5) is 0 Å². The number of carbonyl (C=O) groups is 1. The van der Waals surface area contributed by atoms with Crippen LogP contribution in [0.25, 0.3) is 0 Å². The molecule has 0 aliphatic heterocycles. The van der Waals surface area contributed by atoms with Crippen LogP contribution < -0.4 is 0 Å². The van der Waals surface area contributed by atoms with Gasteiger partial charge in [-0.1, -0.05) is 6.92 Å². The minimum atomic E-state index is -0.0728. The van der Waals surface area contributed by atoms with Gasteiger partial charge in [-0.25, -0.2) is 0 Å². The van der Waals surface area contributed by atoms with E-state index in [0.29, 0.717) is 17.6 Å². The highest BCUT2D eigenvalue weighted by molar-refractivity contribution is 5.75. The third-order valence-corrected chi connectivity index (χ3v) is 4.15. The first kappa shape index (κ1) is 13.9. The average molecular weight is 262 g/mol. The highest BCUT2D eigenvalue weighted by atomic mass is 16.5. The molecular formula is C16H22O3. The fraction of sp³-hybridized carbons (Fsp3) is 0.562. The van der Waals surface area contributed by atoms with E-state index in [1.807, 2.05) is 26.0 Å². The Kier molecular flexibility index (Phi) is 3.83. The van der Waals surface area contributed by atoms with Crippen LogP contribution >= 0.6 is 0 Å². The van der Waals surface area contributed by atoms with E-state index in [9.17, 15) is 9.90 Å². The molecule has 0 saturated heterocycles. The molecule has 1 N–H and O–H groups in total. The van der Waals surface area contributed by atoms with E-state index in [2.05, 4.69) is 6.92 Å². The summed E-state index contributed by atoms with van der Waals surface area (Å²) in [7, 11) is 1.45. The molecule has 0 amide bonds. The molecule has 0 radical (unpaired) electrons. The molecule has 0 spiro atoms. The summed E-state index contributed by atoms with van der Waals surface area (Å²) in [6, 6.07) is 3.62. The zero-order valence-electron chi connectivity index (χ0n) is 12.1. The van der Waals surface area contributed by atoms with Gasteiger partial charge in [-0.2, -0.15) is 0 Å². The van der Waals surface area contributed by atoms with Crippen molar-refractivity contribution >= 4 is 5.97 Å². The number of hydrogen-bond donors (Lipinski definition) is 1. The van der Waals surface area contributed by atoms with Gasteiger partial charge in [-0.3, -0.25) is 4.79 Å². The Labute approximate surface area is 114 Å². The molecule has 1 fully saturated rings. The molecule has 104 valence electrons. The SMILES string of the molecule is COC(=O)C1CC1CC(C)c1c(C)cc(O)cc1C. The van der Waals surface area contributed by atoms with Crippen LogP contribution in [0.5, 0.6) is 5.75 Å². The third kappa shape index (κ3) is 2.91. The Morgan fingerprint density at radius 2 is 2.00 bits per heavy atom. The number of phenolic OH excluding ortho intramolecular Hbond substituents is 1. The minimum Gasteiger partial charge on any atom is -0.508 e. The molecule has 2 rings (SSSR count). The summed E-state index contributed by atoms with van der Waals surface area (Å²) in [5.74, 6) is 1.21. The molecule has 3 heteroatoms. The van der Waals surface area contributed by atoms with Crippen LogP contribution in [0.3, 0.4) is 0 Å². The van der Waals surface area contributed by atoms with Crippen LogP contribution in [0.15, 0.2) is 12.1 Å². The lowest BCUT2D eigenvalue weighted by Gasteiger charge is -2.18. The number of rotatable bonds is 4. The van der Waals surface area contributed by atoms with Crippen LogP contribution in [0.2, 0.25) is 0 Å². The highest BCUT2D eigenvalue weighted by Gasteiger charge is 2.44. The second-order valence-corrected chi connectivity index (χ2v) is 5.76. The smallest absolute Gasteiger partial charge is 0.308 e. The van der Waals surface area contributed by atoms with Gasteiger partial charge in [-0.05, 0) is 67.3 Å². The Balaban J connectivity index is 2.06. The molecule has 1 aromatic rings. The Bertz CT molecular complexity index is 470. The third-order valence-electron chi connectivity index (χ3n) is 4.15. The monoisotopic (exact) mass is 262 g/mol. The maximum absolute atomic E-state index is 11.4. The predicted molar refractivity (Wildman–Crippen MR) is 74.2 cm³/mol. The first-order valence-electron chi connectivity index (χ1n) is 6.82. The number of aromatic hydroxyl groups is 1. The molecule has 3 atom stereocenters. The topological polar surface area (TPSA) is 46.5 Å². The number of esters is 1. The summed E-state index contributed by atoms with van der Waals surface area (Å²) < 4.78 is 4.78. The highest BCUT2D eigenvalue weighted by Crippen LogP contribution is 2.46. The molecule has 1 aromatic carbocycles. The van der Waals surface area contributed by atoms with Gasteiger partial charge >= 0.3 is 5.97 Å². The van der Waals surface area contributed by atoms with Crippen molar-refractivity contribution in [3.05, 3.63) is 28.8 Å². The standard InChI is InChI=1S/C16H22O3/c1-9(5-12-8-14(12)16(18)19-4)15-10(2)6-13(17)7-11(15)3/h6-7,9,12,14,17H,5,8H2,1-4H3. The van der Waals surface area contributed by atoms with Crippen molar-refractivity contribution in [1.82, 2.24) is 0 Å². The fourth-order valence-corrected chi connectivity index (χ4v) is 3.25. The molecule has 1 aliphatic rings. The van der Waals surface area contributed by atoms with Gasteiger partial charge < -0.3 is 9.84 Å². The fourth-order valence-electron chi connectivity index (χ4n) is 3.25. The predicted octanol–water partition coefficient (Wildman–Crippen LogP) is 3.31. The summed E-state index contributed by atoms with van der Waals surface area (Å²) in [6.45, 7) is 6.26. The van der Waals surface area contributed by atoms with Crippen LogP contribution in [0, 0.1) is 25.7 Å². The Morgan fingerprint density at radius 3 is 2.53 bits per heavy atom. The maximum atomic E-state index is 11.4. The van der Waals surface area contributed by atoms with Gasteiger partial charge in [0.25, 0.3) is 0 Å². The maximum Gasteiger partial charge on any atom is 0.308 e. The molecule has 3 unspecified atom stereocenters. The number of benzene rings is 1. The Hall–Kier alpha value is -1.51. The zero-order chi connectivity index (χ0) is 14.2. The van der Waals surface area contributed by atoms with Crippen molar-refractivity contribution in [3.63, 3.8) is 0 Å². The van der Waals surface area contributed by atoms with Crippen molar-refractivity contribution in [3.8, 4) is 5.75 Å². The number of hydrogen-bond acceptors (Lipinski definition) is 3. The lowest BCUT2D eigenvalue weighted by Crippen LogP contribution is -2.07. The molecule has 1 aliphatic carbocycles. The van der Waals surface area contributed by atoms with E-state index in [1.54, 1.807) is 0 Å². The van der Waals surface area contributed by atoms with E-state index >= 15 is 0 Å². The van der Waals surface area contributed by atoms with E-state index in [1.165, 1.54) is 12.7 Å². The summed E-state index contributed by atoms with van der Waals surface area (Å²) in [6.07, 6.45) is 1.96. The van der Waals surface area contributed by atoms with Crippen LogP contribution in [0.1, 0.15) is 42.4 Å². The van der Waals surface area contributed by atoms with E-state index in [0.717, 1.165) is 24.0 Å². The van der Waals surface area contributed by atoms with E-state index in [-0.39, 0.29) is 11.9 Å². The number of ether oxygens (including phenoxy) is 1. The summed E-state index contributed by atoms with van der Waals surface area (Å²) in [5, 5.41) is 9.58. The zero-order valence-corrected chi connectivity index (χ0v) is 12.1. The van der Waals surface area contributed by atoms with Crippen molar-refractivity contribution < 1.29 is 14.6 Å². The summed E-state index contributed by atoms with van der Waals surface area (Å²) >= 11 is 0. The minimum absolute atomic E-state index is 0.0728. The first-order valence-corrected chi connectivity index (χ1v) is 6.82. The second-order valence-electron chi connectivity index (χ2n) is 5.76. The molecular weight excluding hydrogens is 240 g/mol. The first-order chi connectivity index (χ1) is 8.93. The quantitative estimate of drug-likeness (QED) is 0.847. The molecule has 3 nitrogen and oxygen atoms in total. The van der Waals surface area contributed by atoms with Gasteiger partial charge in [0.15, 0.2) is 0 Å². The molecule has 0 heterocycles.